The van der Waals surface area contributed by atoms with Crippen molar-refractivity contribution in [3.05, 3.63) is 0 Å². The van der Waals surface area contributed by atoms with Gasteiger partial charge < -0.3 is 4.90 Å². The molecule has 0 aromatic rings. The topological polar surface area (TPSA) is 3.24 Å². The van der Waals surface area contributed by atoms with Crippen molar-refractivity contribution in [1.29, 1.82) is 0 Å². The van der Waals surface area contributed by atoms with Gasteiger partial charge in [-0.05, 0) is 12.8 Å². The Bertz CT molecular complexity index is 284. The zero-order chi connectivity index (χ0) is 11.8. The zero-order valence-corrected chi connectivity index (χ0v) is 12.3. The van der Waals surface area contributed by atoms with E-state index >= 15 is 0 Å². The lowest BCUT2D eigenvalue weighted by Crippen LogP contribution is -2.35. The van der Waals surface area contributed by atoms with Gasteiger partial charge in [0.2, 0.25) is 0 Å². The van der Waals surface area contributed by atoms with Crippen molar-refractivity contribution in [3.63, 3.8) is 0 Å². The monoisotopic (exact) mass is 255 g/mol. The molecule has 90 valence electrons. The fourth-order valence-corrected chi connectivity index (χ4v) is 4.79. The second-order valence-electron chi connectivity index (χ2n) is 5.70. The van der Waals surface area contributed by atoms with Gasteiger partial charge in [-0.3, -0.25) is 0 Å². The molecule has 3 atom stereocenters. The van der Waals surface area contributed by atoms with Crippen molar-refractivity contribution in [1.82, 2.24) is 4.90 Å². The van der Waals surface area contributed by atoms with Gasteiger partial charge in [0, 0.05) is 18.3 Å². The van der Waals surface area contributed by atoms with Crippen LogP contribution in [0.5, 0.6) is 0 Å². The van der Waals surface area contributed by atoms with E-state index in [0.717, 1.165) is 15.6 Å². The van der Waals surface area contributed by atoms with Crippen LogP contribution in [0.25, 0.3) is 0 Å². The summed E-state index contributed by atoms with van der Waals surface area (Å²) in [7, 11) is 3.51. The molecule has 0 radical (unpaired) electrons. The predicted molar refractivity (Wildman–Crippen MR) is 80.0 cm³/mol. The normalized spacial score (nSPS) is 40.2. The molecule has 2 fully saturated rings. The molecule has 2 rings (SSSR count). The van der Waals surface area contributed by atoms with Crippen LogP contribution in [0.2, 0.25) is 12.1 Å². The Kier molecular flexibility index (Phi) is 3.90. The second kappa shape index (κ2) is 4.89. The number of thiocarbonyl (C=S) groups is 1. The minimum atomic E-state index is 0.592. The predicted octanol–water partition coefficient (Wildman–Crippen LogP) is 3.31. The van der Waals surface area contributed by atoms with Crippen LogP contribution in [0.3, 0.4) is 0 Å². The number of rotatable bonds is 1. The molecule has 3 unspecified atom stereocenters. The van der Waals surface area contributed by atoms with Gasteiger partial charge in [-0.25, -0.2) is 0 Å². The summed E-state index contributed by atoms with van der Waals surface area (Å²) in [5.74, 6) is 0. The minimum absolute atomic E-state index is 0.592. The molecule has 4 heteroatoms. The summed E-state index contributed by atoms with van der Waals surface area (Å²) in [6.45, 7) is 4.81. The van der Waals surface area contributed by atoms with Gasteiger partial charge in [0.05, 0.1) is 0 Å². The highest BCUT2D eigenvalue weighted by Crippen LogP contribution is 2.45. The van der Waals surface area contributed by atoms with E-state index in [9.17, 15) is 0 Å². The third-order valence-electron chi connectivity index (χ3n) is 4.63. The molecule has 0 spiro atoms. The van der Waals surface area contributed by atoms with Crippen molar-refractivity contribution in [3.8, 4) is 0 Å². The van der Waals surface area contributed by atoms with Crippen LogP contribution < -0.4 is 0 Å². The van der Waals surface area contributed by atoms with E-state index in [-0.39, 0.29) is 0 Å². The fourth-order valence-electron chi connectivity index (χ4n) is 3.01. The first kappa shape index (κ1) is 12.8. The van der Waals surface area contributed by atoms with Crippen molar-refractivity contribution >= 4 is 35.6 Å². The van der Waals surface area contributed by atoms with Crippen molar-refractivity contribution in [2.45, 2.75) is 62.5 Å². The van der Waals surface area contributed by atoms with Gasteiger partial charge in [-0.2, -0.15) is 0 Å². The Morgan fingerprint density at radius 2 is 2.19 bits per heavy atom. The van der Waals surface area contributed by atoms with E-state index in [0.29, 0.717) is 5.31 Å². The zero-order valence-electron chi connectivity index (χ0n) is 10.7. The SMILES string of the molecule is CBC1(C)CCCC2C(CC1)SC(=S)N2C. The summed E-state index contributed by atoms with van der Waals surface area (Å²) in [4.78, 5) is 2.35. The molecule has 1 heterocycles. The lowest BCUT2D eigenvalue weighted by molar-refractivity contribution is 0.300. The molecule has 1 saturated heterocycles. The first-order valence-corrected chi connectivity index (χ1v) is 7.78. The highest BCUT2D eigenvalue weighted by molar-refractivity contribution is 8.23. The fraction of sp³-hybridized carbons (Fsp3) is 0.917. The maximum atomic E-state index is 5.42. The standard InChI is InChI=1S/C12H22BNS2/c1-12(13-2)7-4-5-9-10(6-8-12)16-11(15)14(9)3/h9-10,13H,4-8H2,1-3H3. The molecular weight excluding hydrogens is 233 g/mol. The molecular formula is C12H22BNS2. The average Bonchev–Trinajstić information content (AvgIpc) is 2.51. The van der Waals surface area contributed by atoms with Crippen LogP contribution >= 0.6 is 24.0 Å². The third kappa shape index (κ3) is 2.43. The molecule has 1 aliphatic carbocycles. The minimum Gasteiger partial charge on any atom is -0.356 e. The van der Waals surface area contributed by atoms with E-state index in [1.807, 2.05) is 11.8 Å². The van der Waals surface area contributed by atoms with Crippen LogP contribution in [0.15, 0.2) is 0 Å². The lowest BCUT2D eigenvalue weighted by atomic mass is 9.50. The molecule has 1 saturated carbocycles. The van der Waals surface area contributed by atoms with E-state index < -0.39 is 0 Å². The number of hydrogen-bond acceptors (Lipinski definition) is 2. The van der Waals surface area contributed by atoms with Gasteiger partial charge in [0.1, 0.15) is 11.6 Å². The highest BCUT2D eigenvalue weighted by Gasteiger charge is 2.38. The number of thioether (sulfide) groups is 1. The van der Waals surface area contributed by atoms with Gasteiger partial charge >= 0.3 is 0 Å². The Hall–Kier alpha value is 0.305. The third-order valence-corrected chi connectivity index (χ3v) is 6.55. The molecule has 16 heavy (non-hydrogen) atoms. The van der Waals surface area contributed by atoms with Crippen molar-refractivity contribution in [2.75, 3.05) is 7.05 Å². The molecule has 0 aromatic heterocycles. The number of fused-ring (bicyclic) bond motifs is 1. The van der Waals surface area contributed by atoms with Gasteiger partial charge in [0.25, 0.3) is 0 Å². The van der Waals surface area contributed by atoms with Crippen molar-refractivity contribution in [2.24, 2.45) is 0 Å². The molecule has 0 N–H and O–H groups in total. The molecule has 0 aromatic carbocycles. The quantitative estimate of drug-likeness (QED) is 0.522. The summed E-state index contributed by atoms with van der Waals surface area (Å²) in [5.41, 5.74) is 0. The molecule has 1 nitrogen and oxygen atoms in total. The van der Waals surface area contributed by atoms with E-state index in [1.165, 1.54) is 39.4 Å². The van der Waals surface area contributed by atoms with E-state index in [2.05, 4.69) is 25.7 Å². The lowest BCUT2D eigenvalue weighted by Gasteiger charge is -2.34. The molecule has 1 aliphatic heterocycles. The summed E-state index contributed by atoms with van der Waals surface area (Å²) in [5, 5.41) is 1.36. The first-order valence-electron chi connectivity index (χ1n) is 6.49. The van der Waals surface area contributed by atoms with Gasteiger partial charge in [0.15, 0.2) is 0 Å². The Labute approximate surface area is 110 Å². The molecule has 0 amide bonds. The van der Waals surface area contributed by atoms with Gasteiger partial charge in [-0.1, -0.05) is 62.3 Å². The van der Waals surface area contributed by atoms with Crippen LogP contribution in [0, 0.1) is 0 Å². The maximum Gasteiger partial charge on any atom is 0.136 e. The summed E-state index contributed by atoms with van der Waals surface area (Å²) in [6, 6.07) is 0.721. The molecule has 0 bridgehead atoms. The van der Waals surface area contributed by atoms with E-state index in [1.54, 1.807) is 0 Å². The smallest absolute Gasteiger partial charge is 0.136 e. The number of nitrogens with zero attached hydrogens (tertiary/aromatic N) is 1. The number of hydrogen-bond donors (Lipinski definition) is 0. The Morgan fingerprint density at radius 1 is 1.44 bits per heavy atom. The first-order chi connectivity index (χ1) is 7.56. The summed E-state index contributed by atoms with van der Waals surface area (Å²) < 4.78 is 1.12. The Morgan fingerprint density at radius 3 is 2.88 bits per heavy atom. The van der Waals surface area contributed by atoms with Crippen LogP contribution in [-0.4, -0.2) is 34.8 Å². The van der Waals surface area contributed by atoms with Crippen LogP contribution in [0.1, 0.15) is 39.0 Å². The molecule has 2 aliphatic rings. The van der Waals surface area contributed by atoms with Crippen LogP contribution in [0.4, 0.5) is 0 Å². The maximum absolute atomic E-state index is 5.42. The summed E-state index contributed by atoms with van der Waals surface area (Å²) in [6.07, 6.45) is 6.85. The van der Waals surface area contributed by atoms with E-state index in [4.69, 9.17) is 12.2 Å². The van der Waals surface area contributed by atoms with Crippen molar-refractivity contribution < 1.29 is 0 Å². The largest absolute Gasteiger partial charge is 0.356 e. The average molecular weight is 255 g/mol. The van der Waals surface area contributed by atoms with Gasteiger partial charge in [-0.15, -0.1) is 0 Å². The Balaban J connectivity index is 2.04. The second-order valence-corrected chi connectivity index (χ2v) is 7.57. The highest BCUT2D eigenvalue weighted by atomic mass is 32.2. The summed E-state index contributed by atoms with van der Waals surface area (Å²) >= 11 is 7.37. The van der Waals surface area contributed by atoms with Crippen LogP contribution in [-0.2, 0) is 0 Å².